The molecule has 3 N–H and O–H groups in total. The van der Waals surface area contributed by atoms with E-state index < -0.39 is 0 Å². The van der Waals surface area contributed by atoms with E-state index in [0.29, 0.717) is 0 Å². The number of benzene rings is 1. The van der Waals surface area contributed by atoms with Crippen LogP contribution in [0.4, 0.5) is 5.82 Å². The number of anilines is 1. The lowest BCUT2D eigenvalue weighted by Crippen LogP contribution is -1.88. The van der Waals surface area contributed by atoms with E-state index in [1.54, 1.807) is 0 Å². The van der Waals surface area contributed by atoms with Gasteiger partial charge in [0.25, 0.3) is 0 Å². The number of aryl methyl sites for hydroxylation is 1. The van der Waals surface area contributed by atoms with Crippen LogP contribution in [0.1, 0.15) is 12.5 Å². The molecule has 1 aromatic carbocycles. The standard InChI is InChI=1S/C12H14N2/c1-2-9-8-11(14-12(9)13)10-6-4-3-5-7-10/h3-8,14H,2,13H2,1H3. The fourth-order valence-corrected chi connectivity index (χ4v) is 1.58. The molecule has 0 fully saturated rings. The first-order valence-electron chi connectivity index (χ1n) is 4.84. The Morgan fingerprint density at radius 2 is 1.93 bits per heavy atom. The van der Waals surface area contributed by atoms with Gasteiger partial charge >= 0.3 is 0 Å². The molecular weight excluding hydrogens is 172 g/mol. The lowest BCUT2D eigenvalue weighted by Gasteiger charge is -1.95. The van der Waals surface area contributed by atoms with Crippen LogP contribution < -0.4 is 5.73 Å². The Morgan fingerprint density at radius 3 is 2.50 bits per heavy atom. The first-order chi connectivity index (χ1) is 6.81. The summed E-state index contributed by atoms with van der Waals surface area (Å²) in [5.74, 6) is 0.784. The van der Waals surface area contributed by atoms with Crippen LogP contribution in [0.3, 0.4) is 0 Å². The van der Waals surface area contributed by atoms with Gasteiger partial charge in [-0.15, -0.1) is 0 Å². The molecular formula is C12H14N2. The molecule has 0 bridgehead atoms. The normalized spacial score (nSPS) is 10.4. The van der Waals surface area contributed by atoms with E-state index in [1.165, 1.54) is 11.1 Å². The molecule has 0 aliphatic rings. The lowest BCUT2D eigenvalue weighted by molar-refractivity contribution is 1.15. The smallest absolute Gasteiger partial charge is 0.104 e. The number of nitrogens with two attached hydrogens (primary N) is 1. The van der Waals surface area contributed by atoms with Crippen molar-refractivity contribution in [3.8, 4) is 11.3 Å². The molecule has 0 aliphatic carbocycles. The second kappa shape index (κ2) is 3.58. The van der Waals surface area contributed by atoms with Crippen molar-refractivity contribution in [2.45, 2.75) is 13.3 Å². The zero-order chi connectivity index (χ0) is 9.97. The van der Waals surface area contributed by atoms with E-state index in [2.05, 4.69) is 30.1 Å². The van der Waals surface area contributed by atoms with Gasteiger partial charge in [-0.1, -0.05) is 37.3 Å². The van der Waals surface area contributed by atoms with Crippen molar-refractivity contribution < 1.29 is 0 Å². The first kappa shape index (κ1) is 8.88. The van der Waals surface area contributed by atoms with Crippen molar-refractivity contribution in [2.75, 3.05) is 5.73 Å². The van der Waals surface area contributed by atoms with Crippen LogP contribution in [0, 0.1) is 0 Å². The Bertz CT molecular complexity index is 415. The molecule has 0 aliphatic heterocycles. The molecule has 14 heavy (non-hydrogen) atoms. The molecule has 0 atom stereocenters. The number of rotatable bonds is 2. The second-order valence-electron chi connectivity index (χ2n) is 3.34. The SMILES string of the molecule is CCc1cc(-c2ccccc2)[nH]c1N. The Balaban J connectivity index is 2.43. The molecule has 0 radical (unpaired) electrons. The first-order valence-corrected chi connectivity index (χ1v) is 4.84. The van der Waals surface area contributed by atoms with E-state index in [-0.39, 0.29) is 0 Å². The highest BCUT2D eigenvalue weighted by Gasteiger charge is 2.04. The number of H-pyrrole nitrogens is 1. The van der Waals surface area contributed by atoms with Crippen molar-refractivity contribution in [1.29, 1.82) is 0 Å². The molecule has 0 saturated heterocycles. The van der Waals surface area contributed by atoms with Gasteiger partial charge in [-0.3, -0.25) is 0 Å². The molecule has 1 heterocycles. The highest BCUT2D eigenvalue weighted by Crippen LogP contribution is 2.23. The maximum absolute atomic E-state index is 5.83. The Labute approximate surface area is 83.8 Å². The molecule has 2 aromatic rings. The molecule has 0 saturated carbocycles. The largest absolute Gasteiger partial charge is 0.385 e. The summed E-state index contributed by atoms with van der Waals surface area (Å²) in [5, 5.41) is 0. The van der Waals surface area contributed by atoms with Gasteiger partial charge in [-0.2, -0.15) is 0 Å². The highest BCUT2D eigenvalue weighted by atomic mass is 14.9. The summed E-state index contributed by atoms with van der Waals surface area (Å²) in [6.07, 6.45) is 0.967. The summed E-state index contributed by atoms with van der Waals surface area (Å²) < 4.78 is 0. The minimum atomic E-state index is 0.784. The van der Waals surface area contributed by atoms with Gasteiger partial charge in [-0.05, 0) is 23.6 Å². The maximum atomic E-state index is 5.83. The van der Waals surface area contributed by atoms with E-state index in [4.69, 9.17) is 5.73 Å². The van der Waals surface area contributed by atoms with Crippen LogP contribution in [0.25, 0.3) is 11.3 Å². The minimum Gasteiger partial charge on any atom is -0.385 e. The van der Waals surface area contributed by atoms with Gasteiger partial charge in [0.1, 0.15) is 5.82 Å². The van der Waals surface area contributed by atoms with Crippen LogP contribution in [0.5, 0.6) is 0 Å². The summed E-state index contributed by atoms with van der Waals surface area (Å²) in [5.41, 5.74) is 9.29. The van der Waals surface area contributed by atoms with Crippen LogP contribution >= 0.6 is 0 Å². The minimum absolute atomic E-state index is 0.784. The number of hydrogen-bond acceptors (Lipinski definition) is 1. The van der Waals surface area contributed by atoms with Gasteiger partial charge in [0.15, 0.2) is 0 Å². The number of nitrogens with one attached hydrogen (secondary N) is 1. The Hall–Kier alpha value is -1.70. The fourth-order valence-electron chi connectivity index (χ4n) is 1.58. The summed E-state index contributed by atoms with van der Waals surface area (Å²) >= 11 is 0. The Kier molecular flexibility index (Phi) is 2.27. The summed E-state index contributed by atoms with van der Waals surface area (Å²) in [6.45, 7) is 2.11. The lowest BCUT2D eigenvalue weighted by atomic mass is 10.1. The van der Waals surface area contributed by atoms with Crippen molar-refractivity contribution in [3.05, 3.63) is 42.0 Å². The Morgan fingerprint density at radius 1 is 1.21 bits per heavy atom. The van der Waals surface area contributed by atoms with Gasteiger partial charge in [0.05, 0.1) is 0 Å². The molecule has 0 unspecified atom stereocenters. The number of nitrogen functional groups attached to an aromatic ring is 1. The third-order valence-electron chi connectivity index (χ3n) is 2.40. The molecule has 2 rings (SSSR count). The van der Waals surface area contributed by atoms with Gasteiger partial charge < -0.3 is 10.7 Å². The average molecular weight is 186 g/mol. The molecule has 0 spiro atoms. The zero-order valence-electron chi connectivity index (χ0n) is 8.25. The average Bonchev–Trinajstić information content (AvgIpc) is 2.61. The maximum Gasteiger partial charge on any atom is 0.104 e. The fraction of sp³-hybridized carbons (Fsp3) is 0.167. The summed E-state index contributed by atoms with van der Waals surface area (Å²) in [7, 11) is 0. The molecule has 72 valence electrons. The van der Waals surface area contributed by atoms with Gasteiger partial charge in [-0.25, -0.2) is 0 Å². The third-order valence-corrected chi connectivity index (χ3v) is 2.40. The summed E-state index contributed by atoms with van der Waals surface area (Å²) in [4.78, 5) is 3.19. The topological polar surface area (TPSA) is 41.8 Å². The van der Waals surface area contributed by atoms with E-state index in [0.717, 1.165) is 17.9 Å². The van der Waals surface area contributed by atoms with Gasteiger partial charge in [0, 0.05) is 5.69 Å². The predicted molar refractivity (Wildman–Crippen MR) is 60.0 cm³/mol. The van der Waals surface area contributed by atoms with E-state index in [9.17, 15) is 0 Å². The molecule has 0 amide bonds. The third kappa shape index (κ3) is 1.51. The van der Waals surface area contributed by atoms with Crippen molar-refractivity contribution >= 4 is 5.82 Å². The second-order valence-corrected chi connectivity index (χ2v) is 3.34. The quantitative estimate of drug-likeness (QED) is 0.744. The molecule has 2 nitrogen and oxygen atoms in total. The van der Waals surface area contributed by atoms with Crippen LogP contribution in [-0.4, -0.2) is 4.98 Å². The zero-order valence-corrected chi connectivity index (χ0v) is 8.25. The van der Waals surface area contributed by atoms with Crippen molar-refractivity contribution in [1.82, 2.24) is 4.98 Å². The number of aromatic amines is 1. The van der Waals surface area contributed by atoms with Crippen LogP contribution in [-0.2, 0) is 6.42 Å². The van der Waals surface area contributed by atoms with E-state index in [1.807, 2.05) is 18.2 Å². The van der Waals surface area contributed by atoms with Crippen molar-refractivity contribution in [3.63, 3.8) is 0 Å². The number of aromatic nitrogens is 1. The molecule has 2 heteroatoms. The monoisotopic (exact) mass is 186 g/mol. The van der Waals surface area contributed by atoms with Gasteiger partial charge in [0.2, 0.25) is 0 Å². The number of hydrogen-bond donors (Lipinski definition) is 2. The van der Waals surface area contributed by atoms with Crippen LogP contribution in [0.15, 0.2) is 36.4 Å². The van der Waals surface area contributed by atoms with Crippen LogP contribution in [0.2, 0.25) is 0 Å². The molecule has 1 aromatic heterocycles. The predicted octanol–water partition coefficient (Wildman–Crippen LogP) is 2.83. The summed E-state index contributed by atoms with van der Waals surface area (Å²) in [6, 6.07) is 12.3. The van der Waals surface area contributed by atoms with E-state index >= 15 is 0 Å². The van der Waals surface area contributed by atoms with Crippen molar-refractivity contribution in [2.24, 2.45) is 0 Å². The highest BCUT2D eigenvalue weighted by molar-refractivity contribution is 5.64.